The highest BCUT2D eigenvalue weighted by molar-refractivity contribution is 7.95. The molecule has 0 aliphatic heterocycles. The molecule has 4 N–H and O–H groups in total. The molecule has 39 heavy (non-hydrogen) atoms. The summed E-state index contributed by atoms with van der Waals surface area (Å²) in [5.74, 6) is -0.640. The number of aryl methyl sites for hydroxylation is 1. The number of rotatable bonds is 14. The van der Waals surface area contributed by atoms with Gasteiger partial charge in [-0.1, -0.05) is 42.0 Å². The summed E-state index contributed by atoms with van der Waals surface area (Å²) in [4.78, 5) is 17.9. The summed E-state index contributed by atoms with van der Waals surface area (Å²) < 4.78 is 25.9. The normalized spacial score (nSPS) is 13.5. The number of hydrogen-bond acceptors (Lipinski definition) is 8. The number of nitrogens with one attached hydrogen (secondary N) is 1. The van der Waals surface area contributed by atoms with Crippen LogP contribution in [0.1, 0.15) is 45.6 Å². The molecule has 3 aromatic carbocycles. The van der Waals surface area contributed by atoms with Gasteiger partial charge in [0.05, 0.1) is 38.5 Å². The van der Waals surface area contributed by atoms with E-state index >= 15 is 0 Å². The molecule has 0 bridgehead atoms. The number of carbonyl (C=O) groups excluding carboxylic acids is 1. The van der Waals surface area contributed by atoms with Crippen LogP contribution in [0.25, 0.3) is 0 Å². The van der Waals surface area contributed by atoms with E-state index in [0.717, 1.165) is 34.5 Å². The minimum absolute atomic E-state index is 0.113. The first-order valence-corrected chi connectivity index (χ1v) is 13.2. The highest BCUT2D eigenvalue weighted by Crippen LogP contribution is 2.26. The van der Waals surface area contributed by atoms with Crippen molar-refractivity contribution in [2.45, 2.75) is 38.5 Å². The van der Waals surface area contributed by atoms with Crippen molar-refractivity contribution in [2.75, 3.05) is 31.7 Å². The van der Waals surface area contributed by atoms with Gasteiger partial charge in [-0.3, -0.25) is 9.10 Å². The Bertz CT molecular complexity index is 1230. The molecule has 0 fully saturated rings. The average Bonchev–Trinajstić information content (AvgIpc) is 2.91. The zero-order valence-electron chi connectivity index (χ0n) is 22.6. The summed E-state index contributed by atoms with van der Waals surface area (Å²) in [6.07, 6.45) is 0.452. The summed E-state index contributed by atoms with van der Waals surface area (Å²) in [6, 6.07) is 19.0. The zero-order chi connectivity index (χ0) is 28.4. The molecule has 210 valence electrons. The largest absolute Gasteiger partial charge is 0.394 e. The molecule has 0 radical (unpaired) electrons. The molecule has 3 rings (SSSR count). The van der Waals surface area contributed by atoms with Gasteiger partial charge in [-0.05, 0) is 67.3 Å². The Hall–Kier alpha value is -2.99. The SMILES string of the molecule is COOSN(C)c1cc(COCC(N)(CO)Cc2cccc(C)c2)cc(C(=O)N[C@H](C)c2ccc(F)cc2)c1. The molecule has 1 unspecified atom stereocenters. The molecular weight excluding hydrogens is 521 g/mol. The Morgan fingerprint density at radius 1 is 1.15 bits per heavy atom. The fraction of sp³-hybridized carbons (Fsp3) is 0.345. The van der Waals surface area contributed by atoms with Crippen LogP contribution in [0.4, 0.5) is 10.1 Å². The standard InChI is InChI=1S/C29H36FN3O5S/c1-20-6-5-7-22(12-20)16-29(31,18-34)19-37-17-23-13-25(15-27(14-23)33(3)39-38-36-4)28(35)32-21(2)24-8-10-26(30)11-9-24/h5-15,21,34H,16-19,31H2,1-4H3,(H,32,35)/t21-,29?/m1/s1. The van der Waals surface area contributed by atoms with Crippen molar-refractivity contribution in [2.24, 2.45) is 5.73 Å². The third-order valence-electron chi connectivity index (χ3n) is 6.14. The monoisotopic (exact) mass is 557 g/mol. The second-order valence-corrected chi connectivity index (χ2v) is 10.5. The van der Waals surface area contributed by atoms with Crippen molar-refractivity contribution in [3.63, 3.8) is 0 Å². The highest BCUT2D eigenvalue weighted by atomic mass is 32.2. The number of hydrogen-bond donors (Lipinski definition) is 3. The van der Waals surface area contributed by atoms with Crippen LogP contribution in [0, 0.1) is 12.7 Å². The van der Waals surface area contributed by atoms with Gasteiger partial charge in [0, 0.05) is 18.3 Å². The Morgan fingerprint density at radius 2 is 1.90 bits per heavy atom. The molecule has 0 spiro atoms. The van der Waals surface area contributed by atoms with Crippen LogP contribution < -0.4 is 15.4 Å². The van der Waals surface area contributed by atoms with Crippen LogP contribution in [-0.4, -0.2) is 43.9 Å². The molecule has 0 heterocycles. The number of carbonyl (C=O) groups is 1. The molecular formula is C29H36FN3O5S. The van der Waals surface area contributed by atoms with E-state index in [1.54, 1.807) is 35.6 Å². The Labute approximate surface area is 233 Å². The maximum atomic E-state index is 13.3. The van der Waals surface area contributed by atoms with Crippen molar-refractivity contribution < 1.29 is 28.2 Å². The van der Waals surface area contributed by atoms with E-state index < -0.39 is 5.54 Å². The van der Waals surface area contributed by atoms with Gasteiger partial charge in [0.15, 0.2) is 12.2 Å². The highest BCUT2D eigenvalue weighted by Gasteiger charge is 2.25. The lowest BCUT2D eigenvalue weighted by Crippen LogP contribution is -2.50. The number of ether oxygens (including phenoxy) is 1. The predicted octanol–water partition coefficient (Wildman–Crippen LogP) is 4.65. The first kappa shape index (κ1) is 30.6. The van der Waals surface area contributed by atoms with Gasteiger partial charge in [0.25, 0.3) is 5.91 Å². The summed E-state index contributed by atoms with van der Waals surface area (Å²) in [5.41, 5.74) is 10.2. The number of benzene rings is 3. The molecule has 0 saturated heterocycles. The maximum Gasteiger partial charge on any atom is 0.251 e. The third-order valence-corrected chi connectivity index (χ3v) is 6.77. The van der Waals surface area contributed by atoms with Crippen LogP contribution in [0.3, 0.4) is 0 Å². The lowest BCUT2D eigenvalue weighted by molar-refractivity contribution is -0.160. The van der Waals surface area contributed by atoms with Gasteiger partial charge >= 0.3 is 0 Å². The third kappa shape index (κ3) is 9.31. The molecule has 0 aliphatic rings. The lowest BCUT2D eigenvalue weighted by atomic mass is 9.93. The van der Waals surface area contributed by atoms with Gasteiger partial charge in [-0.15, -0.1) is 4.33 Å². The van der Waals surface area contributed by atoms with Crippen molar-refractivity contribution in [3.8, 4) is 0 Å². The molecule has 0 aromatic heterocycles. The first-order chi connectivity index (χ1) is 18.6. The topological polar surface area (TPSA) is 106 Å². The van der Waals surface area contributed by atoms with E-state index in [9.17, 15) is 14.3 Å². The minimum Gasteiger partial charge on any atom is -0.394 e. The lowest BCUT2D eigenvalue weighted by Gasteiger charge is -2.27. The first-order valence-electron chi connectivity index (χ1n) is 12.5. The number of aliphatic hydroxyl groups excluding tert-OH is 1. The van der Waals surface area contributed by atoms with Gasteiger partial charge in [0.1, 0.15) is 5.82 Å². The molecule has 0 aliphatic carbocycles. The number of halogens is 1. The van der Waals surface area contributed by atoms with Crippen molar-refractivity contribution in [1.82, 2.24) is 5.32 Å². The molecule has 0 saturated carbocycles. The maximum absolute atomic E-state index is 13.3. The molecule has 1 amide bonds. The van der Waals surface area contributed by atoms with Gasteiger partial charge < -0.3 is 20.9 Å². The molecule has 3 aromatic rings. The van der Waals surface area contributed by atoms with E-state index in [-0.39, 0.29) is 37.6 Å². The number of anilines is 1. The van der Waals surface area contributed by atoms with E-state index in [0.29, 0.717) is 17.7 Å². The fourth-order valence-electron chi connectivity index (χ4n) is 4.06. The summed E-state index contributed by atoms with van der Waals surface area (Å²) in [7, 11) is 3.17. The van der Waals surface area contributed by atoms with E-state index in [1.165, 1.54) is 19.2 Å². The average molecular weight is 558 g/mol. The minimum atomic E-state index is -0.963. The predicted molar refractivity (Wildman–Crippen MR) is 151 cm³/mol. The quantitative estimate of drug-likeness (QED) is 0.114. The van der Waals surface area contributed by atoms with Crippen molar-refractivity contribution >= 4 is 23.8 Å². The Morgan fingerprint density at radius 3 is 2.56 bits per heavy atom. The number of aliphatic hydroxyl groups is 1. The summed E-state index contributed by atoms with van der Waals surface area (Å²) in [5, 5.41) is 13.0. The van der Waals surface area contributed by atoms with Gasteiger partial charge in [0.2, 0.25) is 0 Å². The summed E-state index contributed by atoms with van der Waals surface area (Å²) >= 11 is 0.955. The fourth-order valence-corrected chi connectivity index (χ4v) is 4.40. The van der Waals surface area contributed by atoms with Crippen LogP contribution in [0.15, 0.2) is 66.7 Å². The van der Waals surface area contributed by atoms with E-state index in [2.05, 4.69) is 10.2 Å². The van der Waals surface area contributed by atoms with Crippen molar-refractivity contribution in [1.29, 1.82) is 0 Å². The second-order valence-electron chi connectivity index (χ2n) is 9.62. The number of nitrogens with two attached hydrogens (primary N) is 1. The Balaban J connectivity index is 1.74. The van der Waals surface area contributed by atoms with Gasteiger partial charge in [-0.2, -0.15) is 0 Å². The number of amides is 1. The van der Waals surface area contributed by atoms with Crippen LogP contribution in [0.5, 0.6) is 0 Å². The number of nitrogens with zero attached hydrogens (tertiary/aromatic N) is 1. The second kappa shape index (κ2) is 14.4. The molecule has 8 nitrogen and oxygen atoms in total. The molecule has 10 heteroatoms. The molecule has 2 atom stereocenters. The summed E-state index contributed by atoms with van der Waals surface area (Å²) in [6.45, 7) is 3.87. The van der Waals surface area contributed by atoms with Crippen molar-refractivity contribution in [3.05, 3.63) is 100 Å². The van der Waals surface area contributed by atoms with E-state index in [1.807, 2.05) is 44.2 Å². The van der Waals surface area contributed by atoms with Crippen LogP contribution >= 0.6 is 12.2 Å². The van der Waals surface area contributed by atoms with Crippen LogP contribution in [0.2, 0.25) is 0 Å². The van der Waals surface area contributed by atoms with E-state index in [4.69, 9.17) is 14.8 Å². The Kier molecular flexibility index (Phi) is 11.3. The van der Waals surface area contributed by atoms with Crippen LogP contribution in [-0.2, 0) is 27.0 Å². The zero-order valence-corrected chi connectivity index (χ0v) is 23.5. The van der Waals surface area contributed by atoms with Gasteiger partial charge in [-0.25, -0.2) is 9.28 Å². The smallest absolute Gasteiger partial charge is 0.251 e.